The van der Waals surface area contributed by atoms with E-state index in [2.05, 4.69) is 10.3 Å². The van der Waals surface area contributed by atoms with Crippen molar-refractivity contribution < 1.29 is 9.59 Å². The first-order valence-electron chi connectivity index (χ1n) is 9.34. The zero-order chi connectivity index (χ0) is 19.5. The van der Waals surface area contributed by atoms with Crippen LogP contribution in [-0.4, -0.2) is 23.3 Å². The summed E-state index contributed by atoms with van der Waals surface area (Å²) in [6, 6.07) is 17.0. The summed E-state index contributed by atoms with van der Waals surface area (Å²) in [4.78, 5) is 30.9. The summed E-state index contributed by atoms with van der Waals surface area (Å²) in [5.41, 5.74) is 3.40. The van der Waals surface area contributed by atoms with E-state index in [1.54, 1.807) is 17.0 Å². The molecule has 1 unspecified atom stereocenters. The van der Waals surface area contributed by atoms with Crippen LogP contribution in [0.15, 0.2) is 60.0 Å². The number of benzene rings is 2. The van der Waals surface area contributed by atoms with Crippen LogP contribution in [0.1, 0.15) is 41.2 Å². The van der Waals surface area contributed by atoms with Crippen molar-refractivity contribution in [2.75, 3.05) is 11.4 Å². The topological polar surface area (TPSA) is 62.3 Å². The molecule has 1 atom stereocenters. The molecule has 1 fully saturated rings. The second-order valence-corrected chi connectivity index (χ2v) is 7.72. The van der Waals surface area contributed by atoms with E-state index in [0.717, 1.165) is 34.9 Å². The number of rotatable bonds is 5. The van der Waals surface area contributed by atoms with E-state index in [4.69, 9.17) is 0 Å². The number of aromatic nitrogens is 1. The molecule has 6 heteroatoms. The molecule has 1 aromatic heterocycles. The minimum Gasteiger partial charge on any atom is -0.343 e. The van der Waals surface area contributed by atoms with Crippen LogP contribution < -0.4 is 10.2 Å². The number of carbonyl (C=O) groups is 2. The highest BCUT2D eigenvalue weighted by Crippen LogP contribution is 2.26. The van der Waals surface area contributed by atoms with Gasteiger partial charge in [0.1, 0.15) is 5.01 Å². The van der Waals surface area contributed by atoms with Crippen LogP contribution in [0.25, 0.3) is 11.3 Å². The van der Waals surface area contributed by atoms with Crippen molar-refractivity contribution in [3.8, 4) is 11.3 Å². The van der Waals surface area contributed by atoms with Crippen LogP contribution in [0.5, 0.6) is 0 Å². The van der Waals surface area contributed by atoms with Crippen molar-refractivity contribution in [2.45, 2.75) is 25.8 Å². The van der Waals surface area contributed by atoms with Gasteiger partial charge in [0.15, 0.2) is 0 Å². The molecule has 4 rings (SSSR count). The fourth-order valence-electron chi connectivity index (χ4n) is 3.28. The fourth-order valence-corrected chi connectivity index (χ4v) is 4.12. The summed E-state index contributed by atoms with van der Waals surface area (Å²) in [6.45, 7) is 2.68. The van der Waals surface area contributed by atoms with Crippen LogP contribution in [0.3, 0.4) is 0 Å². The summed E-state index contributed by atoms with van der Waals surface area (Å²) in [5, 5.41) is 5.88. The molecule has 28 heavy (non-hydrogen) atoms. The lowest BCUT2D eigenvalue weighted by Crippen LogP contribution is -2.27. The van der Waals surface area contributed by atoms with Crippen LogP contribution in [-0.2, 0) is 4.79 Å². The predicted octanol–water partition coefficient (Wildman–Crippen LogP) is 4.43. The molecule has 3 aromatic rings. The summed E-state index contributed by atoms with van der Waals surface area (Å²) < 4.78 is 0. The molecule has 0 bridgehead atoms. The summed E-state index contributed by atoms with van der Waals surface area (Å²) in [5.74, 6) is -0.00734. The predicted molar refractivity (Wildman–Crippen MR) is 111 cm³/mol. The molecule has 2 amide bonds. The molecule has 1 saturated heterocycles. The molecule has 0 aliphatic carbocycles. The van der Waals surface area contributed by atoms with E-state index < -0.39 is 0 Å². The van der Waals surface area contributed by atoms with E-state index in [1.165, 1.54) is 11.3 Å². The average molecular weight is 391 g/mol. The van der Waals surface area contributed by atoms with Gasteiger partial charge in [0.2, 0.25) is 5.91 Å². The first kappa shape index (κ1) is 18.4. The van der Waals surface area contributed by atoms with Gasteiger partial charge in [0.05, 0.1) is 11.7 Å². The molecule has 1 aliphatic heterocycles. The number of anilines is 1. The number of amides is 2. The van der Waals surface area contributed by atoms with Gasteiger partial charge in [0, 0.05) is 35.2 Å². The van der Waals surface area contributed by atoms with Gasteiger partial charge in [-0.05, 0) is 37.6 Å². The van der Waals surface area contributed by atoms with Crippen LogP contribution in [0, 0.1) is 0 Å². The number of thiazole rings is 1. The van der Waals surface area contributed by atoms with Crippen LogP contribution in [0.4, 0.5) is 5.69 Å². The number of hydrogen-bond donors (Lipinski definition) is 1. The third kappa shape index (κ3) is 3.82. The standard InChI is InChI=1S/C22H21N3O2S/c1-15(22-24-19(14-28-22)16-6-3-2-4-7-16)23-21(27)17-9-11-18(12-10-17)25-13-5-8-20(25)26/h2-4,6-7,9-12,14-15H,5,8,13H2,1H3,(H,23,27). The Bertz CT molecular complexity index is 983. The second kappa shape index (κ2) is 7.94. The maximum Gasteiger partial charge on any atom is 0.251 e. The fraction of sp³-hybridized carbons (Fsp3) is 0.227. The molecule has 0 radical (unpaired) electrons. The SMILES string of the molecule is CC(NC(=O)c1ccc(N2CCCC2=O)cc1)c1nc(-c2ccccc2)cs1. The Hall–Kier alpha value is -2.99. The Balaban J connectivity index is 1.42. The summed E-state index contributed by atoms with van der Waals surface area (Å²) in [6.07, 6.45) is 1.48. The van der Waals surface area contributed by atoms with Gasteiger partial charge >= 0.3 is 0 Å². The molecule has 0 spiro atoms. The minimum absolute atomic E-state index is 0.142. The summed E-state index contributed by atoms with van der Waals surface area (Å²) in [7, 11) is 0. The van der Waals surface area contributed by atoms with Gasteiger partial charge in [-0.3, -0.25) is 9.59 Å². The Labute approximate surface area is 168 Å². The Kier molecular flexibility index (Phi) is 5.21. The Morgan fingerprint density at radius 2 is 1.89 bits per heavy atom. The van der Waals surface area contributed by atoms with Crippen molar-refractivity contribution in [2.24, 2.45) is 0 Å². The van der Waals surface area contributed by atoms with E-state index >= 15 is 0 Å². The molecular weight excluding hydrogens is 370 g/mol. The number of hydrogen-bond acceptors (Lipinski definition) is 4. The van der Waals surface area contributed by atoms with Gasteiger partial charge in [-0.1, -0.05) is 30.3 Å². The van der Waals surface area contributed by atoms with Crippen molar-refractivity contribution in [3.05, 3.63) is 70.5 Å². The maximum absolute atomic E-state index is 12.6. The molecule has 2 aromatic carbocycles. The normalized spacial score (nSPS) is 14.9. The monoisotopic (exact) mass is 391 g/mol. The largest absolute Gasteiger partial charge is 0.343 e. The minimum atomic E-state index is -0.185. The van der Waals surface area contributed by atoms with Crippen LogP contribution in [0.2, 0.25) is 0 Å². The molecule has 5 nitrogen and oxygen atoms in total. The third-order valence-electron chi connectivity index (χ3n) is 4.82. The second-order valence-electron chi connectivity index (χ2n) is 6.83. The lowest BCUT2D eigenvalue weighted by atomic mass is 10.1. The van der Waals surface area contributed by atoms with Crippen molar-refractivity contribution in [1.82, 2.24) is 10.3 Å². The highest BCUT2D eigenvalue weighted by molar-refractivity contribution is 7.10. The lowest BCUT2D eigenvalue weighted by Gasteiger charge is -2.16. The third-order valence-corrected chi connectivity index (χ3v) is 5.85. The highest BCUT2D eigenvalue weighted by Gasteiger charge is 2.22. The molecule has 1 N–H and O–H groups in total. The lowest BCUT2D eigenvalue weighted by molar-refractivity contribution is -0.117. The smallest absolute Gasteiger partial charge is 0.251 e. The quantitative estimate of drug-likeness (QED) is 0.700. The maximum atomic E-state index is 12.6. The van der Waals surface area contributed by atoms with Gasteiger partial charge in [-0.2, -0.15) is 0 Å². The van der Waals surface area contributed by atoms with Crippen molar-refractivity contribution in [3.63, 3.8) is 0 Å². The molecule has 142 valence electrons. The van der Waals surface area contributed by atoms with Crippen molar-refractivity contribution in [1.29, 1.82) is 0 Å². The molecule has 0 saturated carbocycles. The number of nitrogens with zero attached hydrogens (tertiary/aromatic N) is 2. The van der Waals surface area contributed by atoms with Crippen LogP contribution >= 0.6 is 11.3 Å². The van der Waals surface area contributed by atoms with Crippen molar-refractivity contribution >= 4 is 28.8 Å². The van der Waals surface area contributed by atoms with E-state index in [0.29, 0.717) is 12.0 Å². The molecular formula is C22H21N3O2S. The van der Waals surface area contributed by atoms with Gasteiger partial charge in [-0.15, -0.1) is 11.3 Å². The molecule has 1 aliphatic rings. The first-order valence-corrected chi connectivity index (χ1v) is 10.2. The zero-order valence-electron chi connectivity index (χ0n) is 15.6. The first-order chi connectivity index (χ1) is 13.6. The van der Waals surface area contributed by atoms with E-state index in [-0.39, 0.29) is 17.9 Å². The average Bonchev–Trinajstić information content (AvgIpc) is 3.38. The number of carbonyl (C=O) groups excluding carboxylic acids is 2. The van der Waals surface area contributed by atoms with Gasteiger partial charge < -0.3 is 10.2 Å². The van der Waals surface area contributed by atoms with Gasteiger partial charge in [0.25, 0.3) is 5.91 Å². The van der Waals surface area contributed by atoms with Gasteiger partial charge in [-0.25, -0.2) is 4.98 Å². The van der Waals surface area contributed by atoms with E-state index in [1.807, 2.05) is 54.8 Å². The summed E-state index contributed by atoms with van der Waals surface area (Å²) >= 11 is 1.54. The molecule has 2 heterocycles. The zero-order valence-corrected chi connectivity index (χ0v) is 16.4. The van der Waals surface area contributed by atoms with E-state index in [9.17, 15) is 9.59 Å². The number of nitrogens with one attached hydrogen (secondary N) is 1. The highest BCUT2D eigenvalue weighted by atomic mass is 32.1. The Morgan fingerprint density at radius 3 is 2.57 bits per heavy atom. The Morgan fingerprint density at radius 1 is 1.14 bits per heavy atom.